The summed E-state index contributed by atoms with van der Waals surface area (Å²) in [7, 11) is -3.43. The predicted octanol–water partition coefficient (Wildman–Crippen LogP) is 0.0609. The molecule has 0 aliphatic carbocycles. The van der Waals surface area contributed by atoms with E-state index >= 15 is 0 Å². The van der Waals surface area contributed by atoms with E-state index in [0.717, 1.165) is 25.5 Å². The van der Waals surface area contributed by atoms with Crippen molar-refractivity contribution in [1.82, 2.24) is 19.8 Å². The van der Waals surface area contributed by atoms with Gasteiger partial charge in [-0.25, -0.2) is 13.1 Å². The Morgan fingerprint density at radius 2 is 2.30 bits per heavy atom. The Balaban J connectivity index is 2.13. The molecule has 1 saturated heterocycles. The van der Waals surface area contributed by atoms with Gasteiger partial charge in [0, 0.05) is 6.54 Å². The lowest BCUT2D eigenvalue weighted by Gasteiger charge is -2.35. The number of likely N-dealkylation sites (tertiary alicyclic amines) is 1. The van der Waals surface area contributed by atoms with E-state index in [1.807, 2.05) is 0 Å². The Morgan fingerprint density at radius 3 is 2.90 bits per heavy atom. The molecule has 20 heavy (non-hydrogen) atoms. The summed E-state index contributed by atoms with van der Waals surface area (Å²) in [6.45, 7) is 2.10. The Kier molecular flexibility index (Phi) is 4.39. The normalized spacial score (nSPS) is 21.7. The van der Waals surface area contributed by atoms with Gasteiger partial charge >= 0.3 is 0 Å². The Labute approximate surface area is 117 Å². The van der Waals surface area contributed by atoms with Gasteiger partial charge in [-0.1, -0.05) is 5.16 Å². The topological polar surface area (TPSA) is 105 Å². The second-order valence-corrected chi connectivity index (χ2v) is 6.72. The maximum Gasteiger partial charge on any atom is 0.241 e. The highest BCUT2D eigenvalue weighted by Crippen LogP contribution is 2.29. The van der Waals surface area contributed by atoms with Crippen molar-refractivity contribution in [3.05, 3.63) is 12.2 Å². The van der Waals surface area contributed by atoms with Crippen molar-refractivity contribution in [2.45, 2.75) is 38.3 Å². The summed E-state index contributed by atoms with van der Waals surface area (Å²) in [5, 5.41) is 3.79. The lowest BCUT2D eigenvalue weighted by atomic mass is 10.0. The standard InChI is InChI=1S/C11H18N4O4S/c1-8(14-20(2,17)18)11(16)15-6-4-3-5-9(15)10-12-7-19-13-10/h7-9,14H,3-6H2,1-2H3. The molecule has 1 aliphatic rings. The van der Waals surface area contributed by atoms with Crippen LogP contribution in [0.1, 0.15) is 38.1 Å². The van der Waals surface area contributed by atoms with Crippen molar-refractivity contribution in [3.8, 4) is 0 Å². The zero-order valence-corrected chi connectivity index (χ0v) is 12.3. The largest absolute Gasteiger partial charge is 0.343 e. The molecule has 9 heteroatoms. The highest BCUT2D eigenvalue weighted by molar-refractivity contribution is 7.88. The first-order valence-corrected chi connectivity index (χ1v) is 8.31. The van der Waals surface area contributed by atoms with Crippen molar-refractivity contribution in [1.29, 1.82) is 0 Å². The number of rotatable bonds is 4. The van der Waals surface area contributed by atoms with Crippen LogP contribution in [0, 0.1) is 0 Å². The molecule has 1 aromatic rings. The van der Waals surface area contributed by atoms with Crippen LogP contribution in [0.25, 0.3) is 0 Å². The molecule has 1 amide bonds. The zero-order chi connectivity index (χ0) is 14.8. The minimum atomic E-state index is -3.43. The van der Waals surface area contributed by atoms with Crippen LogP contribution in [-0.4, -0.2) is 48.2 Å². The quantitative estimate of drug-likeness (QED) is 0.843. The number of hydrogen-bond donors (Lipinski definition) is 1. The highest BCUT2D eigenvalue weighted by Gasteiger charge is 2.33. The molecule has 8 nitrogen and oxygen atoms in total. The lowest BCUT2D eigenvalue weighted by Crippen LogP contribution is -2.49. The first-order chi connectivity index (χ1) is 9.38. The van der Waals surface area contributed by atoms with Crippen molar-refractivity contribution in [2.75, 3.05) is 12.8 Å². The number of hydrogen-bond acceptors (Lipinski definition) is 6. The van der Waals surface area contributed by atoms with Crippen LogP contribution < -0.4 is 4.72 Å². The molecule has 2 unspecified atom stereocenters. The van der Waals surface area contributed by atoms with Gasteiger partial charge in [0.15, 0.2) is 5.82 Å². The number of sulfonamides is 1. The van der Waals surface area contributed by atoms with Gasteiger partial charge in [-0.2, -0.15) is 4.98 Å². The summed E-state index contributed by atoms with van der Waals surface area (Å²) in [5.41, 5.74) is 0. The molecule has 0 saturated carbocycles. The van der Waals surface area contributed by atoms with E-state index < -0.39 is 16.1 Å². The van der Waals surface area contributed by atoms with Crippen molar-refractivity contribution >= 4 is 15.9 Å². The number of amides is 1. The number of carbonyl (C=O) groups excluding carboxylic acids is 1. The molecule has 0 bridgehead atoms. The van der Waals surface area contributed by atoms with Gasteiger partial charge in [-0.05, 0) is 26.2 Å². The highest BCUT2D eigenvalue weighted by atomic mass is 32.2. The molecule has 1 aromatic heterocycles. The van der Waals surface area contributed by atoms with E-state index in [1.54, 1.807) is 4.90 Å². The van der Waals surface area contributed by atoms with Crippen LogP contribution in [0.4, 0.5) is 0 Å². The number of aromatic nitrogens is 2. The molecule has 112 valence electrons. The van der Waals surface area contributed by atoms with E-state index in [4.69, 9.17) is 4.52 Å². The van der Waals surface area contributed by atoms with Crippen LogP contribution in [-0.2, 0) is 14.8 Å². The van der Waals surface area contributed by atoms with Gasteiger partial charge < -0.3 is 9.42 Å². The molecule has 2 atom stereocenters. The number of carbonyl (C=O) groups is 1. The molecule has 1 fully saturated rings. The van der Waals surface area contributed by atoms with Crippen LogP contribution in [0.15, 0.2) is 10.9 Å². The smallest absolute Gasteiger partial charge is 0.241 e. The summed E-state index contributed by atoms with van der Waals surface area (Å²) in [6.07, 6.45) is 4.86. The molecular formula is C11H18N4O4S. The molecule has 1 aliphatic heterocycles. The van der Waals surface area contributed by atoms with Gasteiger partial charge in [0.2, 0.25) is 22.3 Å². The third-order valence-electron chi connectivity index (χ3n) is 3.22. The average Bonchev–Trinajstić information content (AvgIpc) is 2.89. The zero-order valence-electron chi connectivity index (χ0n) is 11.4. The van der Waals surface area contributed by atoms with Crippen LogP contribution in [0.2, 0.25) is 0 Å². The number of nitrogens with zero attached hydrogens (tertiary/aromatic N) is 3. The average molecular weight is 302 g/mol. The van der Waals surface area contributed by atoms with Crippen molar-refractivity contribution in [2.24, 2.45) is 0 Å². The predicted molar refractivity (Wildman–Crippen MR) is 70.0 cm³/mol. The van der Waals surface area contributed by atoms with Crippen LogP contribution >= 0.6 is 0 Å². The van der Waals surface area contributed by atoms with E-state index in [9.17, 15) is 13.2 Å². The fraction of sp³-hybridized carbons (Fsp3) is 0.727. The van der Waals surface area contributed by atoms with E-state index in [1.165, 1.54) is 13.3 Å². The Morgan fingerprint density at radius 1 is 1.55 bits per heavy atom. The Hall–Kier alpha value is -1.48. The first-order valence-electron chi connectivity index (χ1n) is 6.42. The molecular weight excluding hydrogens is 284 g/mol. The molecule has 2 heterocycles. The molecule has 0 radical (unpaired) electrons. The van der Waals surface area contributed by atoms with E-state index in [0.29, 0.717) is 12.4 Å². The lowest BCUT2D eigenvalue weighted by molar-refractivity contribution is -0.136. The summed E-state index contributed by atoms with van der Waals surface area (Å²) < 4.78 is 29.5. The first kappa shape index (κ1) is 14.9. The number of nitrogens with one attached hydrogen (secondary N) is 1. The van der Waals surface area contributed by atoms with Crippen LogP contribution in [0.3, 0.4) is 0 Å². The maximum atomic E-state index is 12.4. The van der Waals surface area contributed by atoms with Crippen molar-refractivity contribution < 1.29 is 17.7 Å². The molecule has 0 aromatic carbocycles. The third kappa shape index (κ3) is 3.54. The summed E-state index contributed by atoms with van der Waals surface area (Å²) in [4.78, 5) is 18.0. The van der Waals surface area contributed by atoms with Gasteiger partial charge in [0.25, 0.3) is 0 Å². The van der Waals surface area contributed by atoms with E-state index in [-0.39, 0.29) is 11.9 Å². The van der Waals surface area contributed by atoms with Gasteiger partial charge in [-0.15, -0.1) is 0 Å². The third-order valence-corrected chi connectivity index (χ3v) is 4.01. The fourth-order valence-electron chi connectivity index (χ4n) is 2.41. The van der Waals surface area contributed by atoms with Crippen LogP contribution in [0.5, 0.6) is 0 Å². The van der Waals surface area contributed by atoms with E-state index in [2.05, 4.69) is 14.9 Å². The molecule has 2 rings (SSSR count). The summed E-state index contributed by atoms with van der Waals surface area (Å²) in [5.74, 6) is 0.189. The Bertz CT molecular complexity index is 557. The molecule has 1 N–H and O–H groups in total. The second-order valence-electron chi connectivity index (χ2n) is 4.94. The minimum Gasteiger partial charge on any atom is -0.343 e. The van der Waals surface area contributed by atoms with Crippen molar-refractivity contribution in [3.63, 3.8) is 0 Å². The molecule has 0 spiro atoms. The monoisotopic (exact) mass is 302 g/mol. The van der Waals surface area contributed by atoms with Gasteiger partial charge in [0.1, 0.15) is 0 Å². The summed E-state index contributed by atoms with van der Waals surface area (Å²) in [6, 6.07) is -1.06. The fourth-order valence-corrected chi connectivity index (χ4v) is 3.15. The van der Waals surface area contributed by atoms with Gasteiger partial charge in [0.05, 0.1) is 18.3 Å². The second kappa shape index (κ2) is 5.88. The summed E-state index contributed by atoms with van der Waals surface area (Å²) >= 11 is 0. The van der Waals surface area contributed by atoms with Gasteiger partial charge in [-0.3, -0.25) is 4.79 Å². The maximum absolute atomic E-state index is 12.4. The number of piperidine rings is 1. The minimum absolute atomic E-state index is 0.251. The SMILES string of the molecule is CC(NS(C)(=O)=O)C(=O)N1CCCCC1c1ncon1.